The molecule has 0 atom stereocenters. The molecule has 0 radical (unpaired) electrons. The van der Waals surface area contributed by atoms with E-state index in [2.05, 4.69) is 11.4 Å². The number of aryl methyl sites for hydroxylation is 2. The molecule has 0 aliphatic heterocycles. The van der Waals surface area contributed by atoms with Gasteiger partial charge in [-0.25, -0.2) is 4.79 Å². The molecule has 2 aromatic carbocycles. The summed E-state index contributed by atoms with van der Waals surface area (Å²) >= 11 is 0. The van der Waals surface area contributed by atoms with E-state index in [1.807, 2.05) is 12.1 Å². The van der Waals surface area contributed by atoms with E-state index in [0.29, 0.717) is 5.69 Å². The Labute approximate surface area is 126 Å². The number of benzene rings is 2. The number of aromatic carboxylic acids is 1. The fourth-order valence-corrected chi connectivity index (χ4v) is 2.76. The predicted octanol–water partition coefficient (Wildman–Crippen LogP) is 3.53. The first-order valence-corrected chi connectivity index (χ1v) is 6.95. The van der Waals surface area contributed by atoms with Crippen molar-refractivity contribution in [3.05, 3.63) is 63.2 Å². The fraction of sp³-hybridized carbons (Fsp3) is 0.188. The molecule has 0 aromatic heterocycles. The first-order valence-electron chi connectivity index (χ1n) is 6.95. The summed E-state index contributed by atoms with van der Waals surface area (Å²) in [5, 5.41) is 23.1. The van der Waals surface area contributed by atoms with Gasteiger partial charge in [-0.15, -0.1) is 0 Å². The standard InChI is InChI=1S/C16H14N2O4/c19-16(20)14-9-13(6-7-15(14)18(21)22)17-12-5-4-10-2-1-3-11(10)8-12/h4-9,17H,1-3H2,(H,19,20). The van der Waals surface area contributed by atoms with Gasteiger partial charge in [0.15, 0.2) is 0 Å². The zero-order valence-electron chi connectivity index (χ0n) is 11.7. The summed E-state index contributed by atoms with van der Waals surface area (Å²) in [6.45, 7) is 0. The number of nitro groups is 1. The number of anilines is 2. The Morgan fingerprint density at radius 2 is 1.77 bits per heavy atom. The minimum Gasteiger partial charge on any atom is -0.477 e. The molecule has 0 amide bonds. The normalized spacial score (nSPS) is 12.7. The van der Waals surface area contributed by atoms with Gasteiger partial charge >= 0.3 is 5.97 Å². The lowest BCUT2D eigenvalue weighted by molar-refractivity contribution is -0.385. The van der Waals surface area contributed by atoms with Crippen molar-refractivity contribution in [2.75, 3.05) is 5.32 Å². The summed E-state index contributed by atoms with van der Waals surface area (Å²) in [5.74, 6) is -1.32. The third kappa shape index (κ3) is 2.63. The molecule has 0 spiro atoms. The third-order valence-electron chi connectivity index (χ3n) is 3.81. The number of fused-ring (bicyclic) bond motifs is 1. The Balaban J connectivity index is 1.91. The smallest absolute Gasteiger partial charge is 0.342 e. The first kappa shape index (κ1) is 14.1. The average molecular weight is 298 g/mol. The number of hydrogen-bond donors (Lipinski definition) is 2. The molecule has 0 fully saturated rings. The first-order chi connectivity index (χ1) is 10.5. The predicted molar refractivity (Wildman–Crippen MR) is 81.8 cm³/mol. The summed E-state index contributed by atoms with van der Waals surface area (Å²) in [5.41, 5.74) is 3.28. The van der Waals surface area contributed by atoms with E-state index in [9.17, 15) is 14.9 Å². The van der Waals surface area contributed by atoms with Gasteiger partial charge in [-0.3, -0.25) is 10.1 Å². The van der Waals surface area contributed by atoms with E-state index in [1.165, 1.54) is 29.3 Å². The van der Waals surface area contributed by atoms with Gasteiger partial charge in [-0.2, -0.15) is 0 Å². The summed E-state index contributed by atoms with van der Waals surface area (Å²) in [6, 6.07) is 10.1. The highest BCUT2D eigenvalue weighted by molar-refractivity contribution is 5.93. The van der Waals surface area contributed by atoms with Gasteiger partial charge in [0.25, 0.3) is 5.69 Å². The summed E-state index contributed by atoms with van der Waals surface area (Å²) in [6.07, 6.45) is 3.29. The molecule has 0 saturated heterocycles. The van der Waals surface area contributed by atoms with Gasteiger partial charge in [0, 0.05) is 17.4 Å². The van der Waals surface area contributed by atoms with Crippen LogP contribution in [0.25, 0.3) is 0 Å². The monoisotopic (exact) mass is 298 g/mol. The van der Waals surface area contributed by atoms with Crippen molar-refractivity contribution >= 4 is 23.0 Å². The van der Waals surface area contributed by atoms with Crippen LogP contribution in [0, 0.1) is 10.1 Å². The van der Waals surface area contributed by atoms with Gasteiger partial charge in [-0.05, 0) is 54.7 Å². The number of nitrogens with zero attached hydrogens (tertiary/aromatic N) is 1. The maximum Gasteiger partial charge on any atom is 0.342 e. The second kappa shape index (κ2) is 5.48. The van der Waals surface area contributed by atoms with Crippen LogP contribution in [-0.2, 0) is 12.8 Å². The summed E-state index contributed by atoms with van der Waals surface area (Å²) in [4.78, 5) is 21.3. The van der Waals surface area contributed by atoms with Gasteiger partial charge in [0.05, 0.1) is 4.92 Å². The number of carboxylic acids is 1. The third-order valence-corrected chi connectivity index (χ3v) is 3.81. The Morgan fingerprint density at radius 3 is 2.50 bits per heavy atom. The van der Waals surface area contributed by atoms with E-state index in [-0.39, 0.29) is 5.56 Å². The lowest BCUT2D eigenvalue weighted by atomic mass is 10.1. The van der Waals surface area contributed by atoms with Crippen LogP contribution in [0.15, 0.2) is 36.4 Å². The molecule has 2 aromatic rings. The SMILES string of the molecule is O=C(O)c1cc(Nc2ccc3c(c2)CCC3)ccc1[N+](=O)[O-]. The topological polar surface area (TPSA) is 92.5 Å². The van der Waals surface area contributed by atoms with E-state index < -0.39 is 16.6 Å². The second-order valence-corrected chi connectivity index (χ2v) is 5.26. The highest BCUT2D eigenvalue weighted by Gasteiger charge is 2.20. The van der Waals surface area contributed by atoms with E-state index in [0.717, 1.165) is 24.9 Å². The van der Waals surface area contributed by atoms with Gasteiger partial charge in [0.1, 0.15) is 5.56 Å². The molecule has 22 heavy (non-hydrogen) atoms. The van der Waals surface area contributed by atoms with Crippen molar-refractivity contribution in [1.82, 2.24) is 0 Å². The molecule has 6 heteroatoms. The van der Waals surface area contributed by atoms with Crippen molar-refractivity contribution in [1.29, 1.82) is 0 Å². The van der Waals surface area contributed by atoms with Gasteiger partial charge < -0.3 is 10.4 Å². The molecule has 6 nitrogen and oxygen atoms in total. The summed E-state index contributed by atoms with van der Waals surface area (Å²) < 4.78 is 0. The maximum absolute atomic E-state index is 11.2. The quantitative estimate of drug-likeness (QED) is 0.665. The minimum atomic E-state index is -1.32. The van der Waals surface area contributed by atoms with Crippen molar-refractivity contribution in [2.45, 2.75) is 19.3 Å². The number of hydrogen-bond acceptors (Lipinski definition) is 4. The highest BCUT2D eigenvalue weighted by Crippen LogP contribution is 2.28. The Morgan fingerprint density at radius 1 is 1.09 bits per heavy atom. The zero-order valence-corrected chi connectivity index (χ0v) is 11.7. The molecule has 2 N–H and O–H groups in total. The maximum atomic E-state index is 11.2. The lowest BCUT2D eigenvalue weighted by Gasteiger charge is -2.09. The molecule has 1 aliphatic rings. The molecule has 112 valence electrons. The molecular weight excluding hydrogens is 284 g/mol. The van der Waals surface area contributed by atoms with Crippen molar-refractivity contribution in [3.63, 3.8) is 0 Å². The molecule has 0 saturated carbocycles. The largest absolute Gasteiger partial charge is 0.477 e. The highest BCUT2D eigenvalue weighted by atomic mass is 16.6. The molecule has 0 unspecified atom stereocenters. The molecular formula is C16H14N2O4. The lowest BCUT2D eigenvalue weighted by Crippen LogP contribution is -2.03. The van der Waals surface area contributed by atoms with Crippen LogP contribution in [-0.4, -0.2) is 16.0 Å². The number of carbonyl (C=O) groups is 1. The van der Waals surface area contributed by atoms with Crippen LogP contribution in [0.1, 0.15) is 27.9 Å². The van der Waals surface area contributed by atoms with Crippen LogP contribution in [0.4, 0.5) is 17.1 Å². The average Bonchev–Trinajstić information content (AvgIpc) is 2.94. The van der Waals surface area contributed by atoms with Crippen LogP contribution in [0.3, 0.4) is 0 Å². The fourth-order valence-electron chi connectivity index (χ4n) is 2.76. The van der Waals surface area contributed by atoms with Gasteiger partial charge in [-0.1, -0.05) is 6.07 Å². The second-order valence-electron chi connectivity index (χ2n) is 5.26. The number of rotatable bonds is 4. The summed E-state index contributed by atoms with van der Waals surface area (Å²) in [7, 11) is 0. The van der Waals surface area contributed by atoms with Gasteiger partial charge in [0.2, 0.25) is 0 Å². The molecule has 0 bridgehead atoms. The molecule has 0 heterocycles. The Kier molecular flexibility index (Phi) is 3.50. The zero-order chi connectivity index (χ0) is 15.7. The van der Waals surface area contributed by atoms with Crippen LogP contribution < -0.4 is 5.32 Å². The Bertz CT molecular complexity index is 771. The van der Waals surface area contributed by atoms with Crippen molar-refractivity contribution < 1.29 is 14.8 Å². The van der Waals surface area contributed by atoms with Crippen LogP contribution >= 0.6 is 0 Å². The molecule has 3 rings (SSSR count). The Hall–Kier alpha value is -2.89. The minimum absolute atomic E-state index is 0.323. The number of carboxylic acid groups (broad SMARTS) is 1. The van der Waals surface area contributed by atoms with Crippen molar-refractivity contribution in [3.8, 4) is 0 Å². The number of nitrogens with one attached hydrogen (secondary N) is 1. The van der Waals surface area contributed by atoms with Crippen LogP contribution in [0.2, 0.25) is 0 Å². The van der Waals surface area contributed by atoms with Crippen LogP contribution in [0.5, 0.6) is 0 Å². The number of nitro benzene ring substituents is 1. The van der Waals surface area contributed by atoms with Crippen molar-refractivity contribution in [2.24, 2.45) is 0 Å². The molecule has 1 aliphatic carbocycles. The van der Waals surface area contributed by atoms with E-state index in [1.54, 1.807) is 0 Å². The van der Waals surface area contributed by atoms with E-state index >= 15 is 0 Å². The van der Waals surface area contributed by atoms with E-state index in [4.69, 9.17) is 5.11 Å².